The number of carbonyl (C=O) groups excluding carboxylic acids is 2. The Bertz CT molecular complexity index is 768. The van der Waals surface area contributed by atoms with Crippen molar-refractivity contribution in [2.24, 2.45) is 4.99 Å². The number of unbranched alkanes of at least 4 members (excludes halogenated alkanes) is 3. The maximum atomic E-state index is 11.7. The fourth-order valence-electron chi connectivity index (χ4n) is 2.67. The van der Waals surface area contributed by atoms with Gasteiger partial charge in [-0.25, -0.2) is 14.2 Å². The molecule has 0 aliphatic rings. The third-order valence-electron chi connectivity index (χ3n) is 4.16. The highest BCUT2D eigenvalue weighted by atomic mass is 16.5. The van der Waals surface area contributed by atoms with Crippen molar-refractivity contribution >= 4 is 23.5 Å². The molecule has 1 aromatic heterocycles. The number of ether oxygens (including phenoxy) is 1. The zero-order valence-corrected chi connectivity index (χ0v) is 15.7. The Kier molecular flexibility index (Phi) is 8.74. The van der Waals surface area contributed by atoms with Gasteiger partial charge in [0.25, 0.3) is 0 Å². The highest BCUT2D eigenvalue weighted by molar-refractivity contribution is 5.84. The summed E-state index contributed by atoms with van der Waals surface area (Å²) in [7, 11) is 0. The van der Waals surface area contributed by atoms with Crippen LogP contribution in [0.4, 0.5) is 16.2 Å². The highest BCUT2D eigenvalue weighted by Gasteiger charge is 2.04. The number of nitrogens with one attached hydrogen (secondary N) is 1. The summed E-state index contributed by atoms with van der Waals surface area (Å²) < 4.78 is 7.41. The normalized spacial score (nSPS) is 10.1. The summed E-state index contributed by atoms with van der Waals surface area (Å²) in [6.45, 7) is 3.57. The second-order valence-electron chi connectivity index (χ2n) is 6.23. The molecule has 0 atom stereocenters. The molecule has 0 bridgehead atoms. The summed E-state index contributed by atoms with van der Waals surface area (Å²) in [5, 5.41) is 2.64. The van der Waals surface area contributed by atoms with Crippen molar-refractivity contribution in [3.63, 3.8) is 0 Å². The fraction of sp³-hybridized carbons (Fsp3) is 0.381. The van der Waals surface area contributed by atoms with Gasteiger partial charge in [-0.3, -0.25) is 5.32 Å². The van der Waals surface area contributed by atoms with Gasteiger partial charge >= 0.3 is 6.09 Å². The zero-order valence-electron chi connectivity index (χ0n) is 15.7. The second kappa shape index (κ2) is 11.6. The number of aromatic nitrogens is 1. The van der Waals surface area contributed by atoms with Crippen LogP contribution in [0.15, 0.2) is 53.8 Å². The minimum atomic E-state index is -0.478. The maximum Gasteiger partial charge on any atom is 0.411 e. The molecule has 1 heterocycles. The van der Waals surface area contributed by atoms with E-state index in [0.717, 1.165) is 38.6 Å². The van der Waals surface area contributed by atoms with Crippen molar-refractivity contribution in [2.75, 3.05) is 11.9 Å². The standard InChI is InChI=1S/C21H25N3O3/c1-2-18-8-7-14-24(16-18)13-5-3-4-6-15-27-21(26)23-20-11-9-19(10-12-20)22-17-25/h7-12,14,16H,2-6,13,15H2,1H3/p+1. The average Bonchev–Trinajstić information content (AvgIpc) is 2.69. The van der Waals surface area contributed by atoms with Crippen LogP contribution in [0.5, 0.6) is 0 Å². The van der Waals surface area contributed by atoms with Crippen LogP contribution in [0.3, 0.4) is 0 Å². The van der Waals surface area contributed by atoms with Crippen LogP contribution < -0.4 is 9.88 Å². The van der Waals surface area contributed by atoms with Gasteiger partial charge in [-0.2, -0.15) is 4.99 Å². The molecule has 0 unspecified atom stereocenters. The van der Waals surface area contributed by atoms with Crippen molar-refractivity contribution in [1.82, 2.24) is 0 Å². The molecule has 27 heavy (non-hydrogen) atoms. The molecule has 1 N–H and O–H groups in total. The van der Waals surface area contributed by atoms with E-state index in [1.165, 1.54) is 11.6 Å². The van der Waals surface area contributed by atoms with Crippen LogP contribution >= 0.6 is 0 Å². The lowest BCUT2D eigenvalue weighted by atomic mass is 10.2. The Hall–Kier alpha value is -2.98. The second-order valence-corrected chi connectivity index (χ2v) is 6.23. The zero-order chi connectivity index (χ0) is 19.3. The maximum absolute atomic E-state index is 11.7. The molecular weight excluding hydrogens is 342 g/mol. The van der Waals surface area contributed by atoms with Crippen LogP contribution in [0, 0.1) is 0 Å². The molecule has 2 aromatic rings. The highest BCUT2D eigenvalue weighted by Crippen LogP contribution is 2.15. The largest absolute Gasteiger partial charge is 0.449 e. The molecule has 0 saturated heterocycles. The molecule has 0 fully saturated rings. The van der Waals surface area contributed by atoms with E-state index in [-0.39, 0.29) is 0 Å². The number of amides is 1. The molecule has 142 valence electrons. The average molecular weight is 368 g/mol. The van der Waals surface area contributed by atoms with E-state index in [2.05, 4.69) is 46.3 Å². The van der Waals surface area contributed by atoms with Crippen molar-refractivity contribution in [1.29, 1.82) is 0 Å². The number of hydrogen-bond donors (Lipinski definition) is 1. The predicted molar refractivity (Wildman–Crippen MR) is 104 cm³/mol. The number of hydrogen-bond acceptors (Lipinski definition) is 4. The fourth-order valence-corrected chi connectivity index (χ4v) is 2.67. The SMILES string of the molecule is CCc1ccc[n+](CCCCCCOC(=O)Nc2ccc(N=C=O)cc2)c1. The summed E-state index contributed by atoms with van der Waals surface area (Å²) in [4.78, 5) is 25.4. The first-order valence-corrected chi connectivity index (χ1v) is 9.31. The first-order valence-electron chi connectivity index (χ1n) is 9.31. The minimum absolute atomic E-state index is 0.401. The van der Waals surface area contributed by atoms with Gasteiger partial charge in [-0.05, 0) is 56.0 Å². The Morgan fingerprint density at radius 1 is 1.15 bits per heavy atom. The Labute approximate surface area is 159 Å². The molecule has 0 aliphatic heterocycles. The molecule has 0 aliphatic carbocycles. The first-order chi connectivity index (χ1) is 13.2. The van der Waals surface area contributed by atoms with Crippen LogP contribution in [0.2, 0.25) is 0 Å². The van der Waals surface area contributed by atoms with Gasteiger partial charge in [0.05, 0.1) is 12.3 Å². The van der Waals surface area contributed by atoms with Gasteiger partial charge in [0.2, 0.25) is 6.08 Å². The molecule has 0 saturated carbocycles. The number of carbonyl (C=O) groups is 1. The van der Waals surface area contributed by atoms with Crippen molar-refractivity contribution in [3.05, 3.63) is 54.4 Å². The third kappa shape index (κ3) is 7.84. The van der Waals surface area contributed by atoms with Gasteiger partial charge in [-0.15, -0.1) is 0 Å². The van der Waals surface area contributed by atoms with E-state index in [1.807, 2.05) is 0 Å². The summed E-state index contributed by atoms with van der Waals surface area (Å²) in [6.07, 6.45) is 10.4. The predicted octanol–water partition coefficient (Wildman–Crippen LogP) is 4.31. The number of anilines is 1. The number of rotatable bonds is 10. The summed E-state index contributed by atoms with van der Waals surface area (Å²) >= 11 is 0. The Balaban J connectivity index is 1.55. The number of isocyanates is 1. The van der Waals surface area contributed by atoms with E-state index in [4.69, 9.17) is 4.74 Å². The van der Waals surface area contributed by atoms with Gasteiger partial charge in [0.1, 0.15) is 6.54 Å². The number of benzene rings is 1. The number of pyridine rings is 1. The topological polar surface area (TPSA) is 71.6 Å². The van der Waals surface area contributed by atoms with Crippen molar-refractivity contribution in [3.8, 4) is 0 Å². The van der Waals surface area contributed by atoms with Gasteiger partial charge in [0.15, 0.2) is 12.4 Å². The molecule has 0 radical (unpaired) electrons. The van der Waals surface area contributed by atoms with E-state index in [9.17, 15) is 9.59 Å². The monoisotopic (exact) mass is 368 g/mol. The molecule has 0 spiro atoms. The molecule has 6 nitrogen and oxygen atoms in total. The molecular formula is C21H26N3O3+. The minimum Gasteiger partial charge on any atom is -0.449 e. The van der Waals surface area contributed by atoms with Crippen molar-refractivity contribution in [2.45, 2.75) is 45.6 Å². The lowest BCUT2D eigenvalue weighted by Crippen LogP contribution is -2.33. The number of nitrogens with zero attached hydrogens (tertiary/aromatic N) is 2. The lowest BCUT2D eigenvalue weighted by Gasteiger charge is -2.07. The van der Waals surface area contributed by atoms with Gasteiger partial charge in [-0.1, -0.05) is 6.92 Å². The molecule has 6 heteroatoms. The Morgan fingerprint density at radius 2 is 1.93 bits per heavy atom. The van der Waals surface area contributed by atoms with Crippen LogP contribution in [-0.4, -0.2) is 18.8 Å². The van der Waals surface area contributed by atoms with Crippen LogP contribution in [0.1, 0.15) is 38.2 Å². The van der Waals surface area contributed by atoms with Crippen LogP contribution in [0.25, 0.3) is 0 Å². The molecule has 1 aromatic carbocycles. The summed E-state index contributed by atoms with van der Waals surface area (Å²) in [5.74, 6) is 0. The van der Waals surface area contributed by atoms with Crippen LogP contribution in [-0.2, 0) is 22.5 Å². The lowest BCUT2D eigenvalue weighted by molar-refractivity contribution is -0.697. The molecule has 2 rings (SSSR count). The summed E-state index contributed by atoms with van der Waals surface area (Å²) in [6, 6.07) is 10.8. The smallest absolute Gasteiger partial charge is 0.411 e. The Morgan fingerprint density at radius 3 is 2.67 bits per heavy atom. The number of aliphatic imine (C=N–C) groups is 1. The molecule has 1 amide bonds. The van der Waals surface area contributed by atoms with Gasteiger partial charge < -0.3 is 4.74 Å². The first kappa shape index (κ1) is 20.3. The van der Waals surface area contributed by atoms with Gasteiger partial charge in [0, 0.05) is 23.7 Å². The van der Waals surface area contributed by atoms with E-state index in [0.29, 0.717) is 18.0 Å². The number of aryl methyl sites for hydroxylation is 2. The quantitative estimate of drug-likeness (QED) is 0.294. The van der Waals surface area contributed by atoms with E-state index < -0.39 is 6.09 Å². The van der Waals surface area contributed by atoms with E-state index >= 15 is 0 Å². The summed E-state index contributed by atoms with van der Waals surface area (Å²) in [5.41, 5.74) is 2.43. The van der Waals surface area contributed by atoms with E-state index in [1.54, 1.807) is 24.3 Å². The van der Waals surface area contributed by atoms with Crippen molar-refractivity contribution < 1.29 is 18.9 Å². The third-order valence-corrected chi connectivity index (χ3v) is 4.16.